The second kappa shape index (κ2) is 6.00. The van der Waals surface area contributed by atoms with Gasteiger partial charge >= 0.3 is 0 Å². The molecule has 0 spiro atoms. The molecule has 0 unspecified atom stereocenters. The van der Waals surface area contributed by atoms with Crippen molar-refractivity contribution in [2.75, 3.05) is 17.3 Å². The zero-order chi connectivity index (χ0) is 13.9. The summed E-state index contributed by atoms with van der Waals surface area (Å²) >= 11 is 1.47. The number of anilines is 1. The van der Waals surface area contributed by atoms with Crippen molar-refractivity contribution in [3.05, 3.63) is 10.6 Å². The molecular formula is C12H18N2O3S2. The Kier molecular flexibility index (Phi) is 4.57. The largest absolute Gasteiger partial charge is 0.301 e. The summed E-state index contributed by atoms with van der Waals surface area (Å²) in [5, 5.41) is 3.11. The molecule has 0 saturated carbocycles. The van der Waals surface area contributed by atoms with E-state index in [1.807, 2.05) is 0 Å². The van der Waals surface area contributed by atoms with Crippen LogP contribution in [0, 0.1) is 0 Å². The van der Waals surface area contributed by atoms with Crippen LogP contribution in [0.25, 0.3) is 0 Å². The van der Waals surface area contributed by atoms with Gasteiger partial charge in [-0.1, -0.05) is 12.8 Å². The van der Waals surface area contributed by atoms with Gasteiger partial charge in [-0.25, -0.2) is 13.4 Å². The minimum absolute atomic E-state index is 0.489. The molecule has 5 nitrogen and oxygen atoms in total. The molecule has 2 rings (SSSR count). The van der Waals surface area contributed by atoms with Gasteiger partial charge in [-0.2, -0.15) is 0 Å². The second-order valence-electron chi connectivity index (χ2n) is 4.92. The molecule has 1 aromatic rings. The van der Waals surface area contributed by atoms with Gasteiger partial charge in [0.1, 0.15) is 5.75 Å². The molecule has 0 fully saturated rings. The van der Waals surface area contributed by atoms with Gasteiger partial charge in [0.15, 0.2) is 15.0 Å². The monoisotopic (exact) mass is 302 g/mol. The number of aromatic nitrogens is 1. The maximum absolute atomic E-state index is 11.6. The Morgan fingerprint density at radius 3 is 2.63 bits per heavy atom. The Morgan fingerprint density at radius 2 is 1.95 bits per heavy atom. The number of carbonyl (C=O) groups is 1. The summed E-state index contributed by atoms with van der Waals surface area (Å²) in [6, 6.07) is 0. The molecule has 0 atom stereocenters. The molecule has 1 aromatic heterocycles. The maximum Gasteiger partial charge on any atom is 0.241 e. The quantitative estimate of drug-likeness (QED) is 0.923. The van der Waals surface area contributed by atoms with Gasteiger partial charge in [-0.05, 0) is 25.7 Å². The van der Waals surface area contributed by atoms with Crippen molar-refractivity contribution in [3.63, 3.8) is 0 Å². The lowest BCUT2D eigenvalue weighted by Gasteiger charge is -2.06. The number of aryl methyl sites for hydroxylation is 2. The van der Waals surface area contributed by atoms with E-state index in [-0.39, 0.29) is 0 Å². The SMILES string of the molecule is CS(=O)(=O)CC(=O)Nc1nc2c(s1)CCCCCC2. The predicted molar refractivity (Wildman–Crippen MR) is 76.3 cm³/mol. The lowest BCUT2D eigenvalue weighted by molar-refractivity contribution is -0.113. The van der Waals surface area contributed by atoms with E-state index in [4.69, 9.17) is 0 Å². The third kappa shape index (κ3) is 4.58. The number of fused-ring (bicyclic) bond motifs is 1. The first-order valence-electron chi connectivity index (χ1n) is 6.40. The molecule has 7 heteroatoms. The molecule has 0 aromatic carbocycles. The highest BCUT2D eigenvalue weighted by atomic mass is 32.2. The van der Waals surface area contributed by atoms with Crippen LogP contribution in [0.5, 0.6) is 0 Å². The molecule has 0 saturated heterocycles. The summed E-state index contributed by atoms with van der Waals surface area (Å²) in [7, 11) is -3.29. The fourth-order valence-electron chi connectivity index (χ4n) is 2.15. The first kappa shape index (κ1) is 14.5. The minimum atomic E-state index is -3.29. The lowest BCUT2D eigenvalue weighted by Crippen LogP contribution is -2.21. The van der Waals surface area contributed by atoms with Gasteiger partial charge in [-0.3, -0.25) is 4.79 Å². The highest BCUT2D eigenvalue weighted by Gasteiger charge is 2.16. The van der Waals surface area contributed by atoms with Crippen molar-refractivity contribution < 1.29 is 13.2 Å². The maximum atomic E-state index is 11.6. The molecule has 0 radical (unpaired) electrons. The third-order valence-corrected chi connectivity index (χ3v) is 4.84. The van der Waals surface area contributed by atoms with E-state index in [1.165, 1.54) is 29.1 Å². The number of thiazole rings is 1. The van der Waals surface area contributed by atoms with Crippen LogP contribution in [0.4, 0.5) is 5.13 Å². The van der Waals surface area contributed by atoms with Crippen LogP contribution in [0.1, 0.15) is 36.3 Å². The average molecular weight is 302 g/mol. The van der Waals surface area contributed by atoms with Crippen molar-refractivity contribution >= 4 is 32.2 Å². The van der Waals surface area contributed by atoms with Gasteiger partial charge in [0.2, 0.25) is 5.91 Å². The van der Waals surface area contributed by atoms with Crippen LogP contribution in [0.2, 0.25) is 0 Å². The van der Waals surface area contributed by atoms with E-state index in [1.54, 1.807) is 0 Å². The Labute approximate surface area is 117 Å². The Hall–Kier alpha value is -0.950. The Balaban J connectivity index is 2.05. The van der Waals surface area contributed by atoms with Crippen LogP contribution >= 0.6 is 11.3 Å². The van der Waals surface area contributed by atoms with Crippen LogP contribution in [0.15, 0.2) is 0 Å². The van der Waals surface area contributed by atoms with Crippen LogP contribution in [-0.2, 0) is 27.5 Å². The lowest BCUT2D eigenvalue weighted by atomic mass is 10.0. The van der Waals surface area contributed by atoms with Gasteiger partial charge in [0.25, 0.3) is 0 Å². The van der Waals surface area contributed by atoms with E-state index in [0.717, 1.165) is 37.6 Å². The smallest absolute Gasteiger partial charge is 0.241 e. The minimum Gasteiger partial charge on any atom is -0.301 e. The number of carbonyl (C=O) groups excluding carboxylic acids is 1. The highest BCUT2D eigenvalue weighted by Crippen LogP contribution is 2.28. The fraction of sp³-hybridized carbons (Fsp3) is 0.667. The van der Waals surface area contributed by atoms with Crippen LogP contribution in [-0.4, -0.2) is 31.3 Å². The van der Waals surface area contributed by atoms with Gasteiger partial charge < -0.3 is 5.32 Å². The molecule has 19 heavy (non-hydrogen) atoms. The predicted octanol–water partition coefficient (Wildman–Crippen LogP) is 1.79. The standard InChI is InChI=1S/C12H18N2O3S2/c1-19(16,17)8-11(15)14-12-13-9-6-4-2-3-5-7-10(9)18-12/h2-8H2,1H3,(H,13,14,15). The van der Waals surface area contributed by atoms with E-state index >= 15 is 0 Å². The van der Waals surface area contributed by atoms with Crippen molar-refractivity contribution in [3.8, 4) is 0 Å². The first-order valence-corrected chi connectivity index (χ1v) is 9.28. The van der Waals surface area contributed by atoms with Crippen molar-refractivity contribution in [1.29, 1.82) is 0 Å². The summed E-state index contributed by atoms with van der Waals surface area (Å²) in [5.41, 5.74) is 1.07. The first-order chi connectivity index (χ1) is 8.94. The fourth-order valence-corrected chi connectivity index (χ4v) is 3.77. The number of hydrogen-bond acceptors (Lipinski definition) is 5. The Bertz CT molecular complexity index is 538. The van der Waals surface area contributed by atoms with Crippen molar-refractivity contribution in [2.45, 2.75) is 38.5 Å². The zero-order valence-electron chi connectivity index (χ0n) is 10.9. The number of nitrogens with zero attached hydrogens (tertiary/aromatic N) is 1. The topological polar surface area (TPSA) is 76.1 Å². The van der Waals surface area contributed by atoms with E-state index in [0.29, 0.717) is 5.13 Å². The molecule has 1 heterocycles. The third-order valence-electron chi connectivity index (χ3n) is 2.99. The number of sulfone groups is 1. The normalized spacial score (nSPS) is 16.3. The van der Waals surface area contributed by atoms with E-state index in [9.17, 15) is 13.2 Å². The second-order valence-corrected chi connectivity index (χ2v) is 8.15. The average Bonchev–Trinajstić information content (AvgIpc) is 2.57. The summed E-state index contributed by atoms with van der Waals surface area (Å²) in [4.78, 5) is 17.2. The van der Waals surface area contributed by atoms with Crippen LogP contribution < -0.4 is 5.32 Å². The van der Waals surface area contributed by atoms with Crippen molar-refractivity contribution in [1.82, 2.24) is 4.98 Å². The highest BCUT2D eigenvalue weighted by molar-refractivity contribution is 7.91. The molecule has 1 amide bonds. The molecule has 106 valence electrons. The summed E-state index contributed by atoms with van der Waals surface area (Å²) < 4.78 is 22.1. The van der Waals surface area contributed by atoms with E-state index in [2.05, 4.69) is 10.3 Å². The number of amides is 1. The number of nitrogens with one attached hydrogen (secondary N) is 1. The molecule has 0 aliphatic heterocycles. The van der Waals surface area contributed by atoms with Gasteiger partial charge in [-0.15, -0.1) is 11.3 Å². The molecule has 1 aliphatic rings. The Morgan fingerprint density at radius 1 is 1.26 bits per heavy atom. The van der Waals surface area contributed by atoms with Gasteiger partial charge in [0, 0.05) is 11.1 Å². The van der Waals surface area contributed by atoms with Crippen LogP contribution in [0.3, 0.4) is 0 Å². The molecule has 0 bridgehead atoms. The summed E-state index contributed by atoms with van der Waals surface area (Å²) in [6.45, 7) is 0. The summed E-state index contributed by atoms with van der Waals surface area (Å²) in [6.07, 6.45) is 7.77. The van der Waals surface area contributed by atoms with Gasteiger partial charge in [0.05, 0.1) is 5.69 Å². The molecule has 1 N–H and O–H groups in total. The number of hydrogen-bond donors (Lipinski definition) is 1. The zero-order valence-corrected chi connectivity index (χ0v) is 12.6. The van der Waals surface area contributed by atoms with E-state index < -0.39 is 21.5 Å². The summed E-state index contributed by atoms with van der Waals surface area (Å²) in [5.74, 6) is -0.999. The van der Waals surface area contributed by atoms with Crippen molar-refractivity contribution in [2.24, 2.45) is 0 Å². The number of rotatable bonds is 3. The molecular weight excluding hydrogens is 284 g/mol. The molecule has 1 aliphatic carbocycles.